The van der Waals surface area contributed by atoms with Gasteiger partial charge in [-0.2, -0.15) is 0 Å². The van der Waals surface area contributed by atoms with E-state index in [1.165, 1.54) is 22.7 Å². The maximum Gasteiger partial charge on any atom is 0.226 e. The van der Waals surface area contributed by atoms with Crippen molar-refractivity contribution in [2.75, 3.05) is 25.1 Å². The summed E-state index contributed by atoms with van der Waals surface area (Å²) in [5.41, 5.74) is 1.19. The summed E-state index contributed by atoms with van der Waals surface area (Å²) in [6.45, 7) is 0.429. The topological polar surface area (TPSA) is 66.3 Å². The van der Waals surface area contributed by atoms with Crippen LogP contribution >= 0.6 is 22.7 Å². The quantitative estimate of drug-likeness (QED) is 0.732. The molecule has 0 radical (unpaired) electrons. The minimum atomic E-state index is -0.0847. The summed E-state index contributed by atoms with van der Waals surface area (Å²) in [7, 11) is 1.79. The van der Waals surface area contributed by atoms with Crippen LogP contribution in [0, 0.1) is 0 Å². The zero-order valence-electron chi connectivity index (χ0n) is 11.3. The lowest BCUT2D eigenvalue weighted by Crippen LogP contribution is -2.24. The van der Waals surface area contributed by atoms with Gasteiger partial charge < -0.3 is 10.0 Å². The van der Waals surface area contributed by atoms with Gasteiger partial charge in [-0.15, -0.1) is 22.7 Å². The third-order valence-electron chi connectivity index (χ3n) is 3.03. The fraction of sp³-hybridized carbons (Fsp3) is 0.214. The van der Waals surface area contributed by atoms with Gasteiger partial charge in [-0.1, -0.05) is 6.07 Å². The number of aromatic nitrogens is 2. The summed E-state index contributed by atoms with van der Waals surface area (Å²) >= 11 is 2.87. The Labute approximate surface area is 129 Å². The van der Waals surface area contributed by atoms with Crippen LogP contribution in [0.2, 0.25) is 0 Å². The van der Waals surface area contributed by atoms with Crippen molar-refractivity contribution in [1.29, 1.82) is 0 Å². The summed E-state index contributed by atoms with van der Waals surface area (Å²) < 4.78 is 0.801. The average molecular weight is 319 g/mol. The van der Waals surface area contributed by atoms with E-state index in [0.29, 0.717) is 23.1 Å². The van der Waals surface area contributed by atoms with Gasteiger partial charge in [0.15, 0.2) is 0 Å². The van der Waals surface area contributed by atoms with Gasteiger partial charge in [0, 0.05) is 13.6 Å². The fourth-order valence-electron chi connectivity index (χ4n) is 1.95. The highest BCUT2D eigenvalue weighted by molar-refractivity contribution is 7.17. The van der Waals surface area contributed by atoms with Crippen LogP contribution in [0.25, 0.3) is 10.2 Å². The van der Waals surface area contributed by atoms with E-state index >= 15 is 0 Å². The van der Waals surface area contributed by atoms with Gasteiger partial charge in [0.05, 0.1) is 21.7 Å². The highest BCUT2D eigenvalue weighted by Gasteiger charge is 2.19. The SMILES string of the molecule is CN(CCO)c1nc(C(=O)c2cccs2)c2sccc2n1. The molecule has 3 heterocycles. The molecule has 0 unspecified atom stereocenters. The Morgan fingerprint density at radius 3 is 2.86 bits per heavy atom. The van der Waals surface area contributed by atoms with E-state index in [2.05, 4.69) is 9.97 Å². The number of hydrogen-bond acceptors (Lipinski definition) is 7. The van der Waals surface area contributed by atoms with Crippen molar-refractivity contribution < 1.29 is 9.90 Å². The lowest BCUT2D eigenvalue weighted by molar-refractivity contribution is 0.103. The van der Waals surface area contributed by atoms with Crippen molar-refractivity contribution >= 4 is 44.6 Å². The van der Waals surface area contributed by atoms with E-state index in [1.807, 2.05) is 22.9 Å². The van der Waals surface area contributed by atoms with Gasteiger partial charge in [0.1, 0.15) is 5.69 Å². The molecular weight excluding hydrogens is 306 g/mol. The first-order valence-corrected chi connectivity index (χ1v) is 8.12. The molecule has 7 heteroatoms. The Hall–Kier alpha value is -1.83. The Morgan fingerprint density at radius 2 is 2.14 bits per heavy atom. The molecule has 0 aliphatic rings. The number of carbonyl (C=O) groups is 1. The van der Waals surface area contributed by atoms with Crippen molar-refractivity contribution in [2.45, 2.75) is 0 Å². The molecule has 0 saturated heterocycles. The normalized spacial score (nSPS) is 11.0. The highest BCUT2D eigenvalue weighted by Crippen LogP contribution is 2.27. The number of anilines is 1. The third kappa shape index (κ3) is 2.67. The smallest absolute Gasteiger partial charge is 0.226 e. The highest BCUT2D eigenvalue weighted by atomic mass is 32.1. The number of fused-ring (bicyclic) bond motifs is 1. The minimum Gasteiger partial charge on any atom is -0.395 e. The first kappa shape index (κ1) is 14.1. The number of carbonyl (C=O) groups excluding carboxylic acids is 1. The number of likely N-dealkylation sites (N-methyl/N-ethyl adjacent to an activating group) is 1. The summed E-state index contributed by atoms with van der Waals surface area (Å²) in [5.74, 6) is 0.369. The molecule has 0 aromatic carbocycles. The standard InChI is InChI=1S/C14H13N3O2S2/c1-17(5-6-18)14-15-9-4-8-21-13(9)11(16-14)12(19)10-3-2-7-20-10/h2-4,7-8,18H,5-6H2,1H3. The summed E-state index contributed by atoms with van der Waals surface area (Å²) in [6, 6.07) is 5.53. The van der Waals surface area contributed by atoms with E-state index in [4.69, 9.17) is 5.11 Å². The van der Waals surface area contributed by atoms with E-state index in [9.17, 15) is 4.79 Å². The zero-order valence-corrected chi connectivity index (χ0v) is 12.9. The Bertz CT molecular complexity index is 768. The summed E-state index contributed by atoms with van der Waals surface area (Å²) in [4.78, 5) is 23.9. The maximum absolute atomic E-state index is 12.6. The molecule has 0 bridgehead atoms. The van der Waals surface area contributed by atoms with Crippen molar-refractivity contribution in [2.24, 2.45) is 0 Å². The molecule has 108 valence electrons. The first-order valence-electron chi connectivity index (χ1n) is 6.36. The number of nitrogens with zero attached hydrogens (tertiary/aromatic N) is 3. The molecule has 3 rings (SSSR count). The van der Waals surface area contributed by atoms with Crippen LogP contribution in [0.1, 0.15) is 15.4 Å². The van der Waals surface area contributed by atoms with E-state index in [0.717, 1.165) is 10.2 Å². The molecule has 1 N–H and O–H groups in total. The molecule has 0 atom stereocenters. The Morgan fingerprint density at radius 1 is 1.29 bits per heavy atom. The first-order chi connectivity index (χ1) is 10.2. The number of aliphatic hydroxyl groups excluding tert-OH is 1. The number of rotatable bonds is 5. The van der Waals surface area contributed by atoms with Crippen molar-refractivity contribution in [3.63, 3.8) is 0 Å². The number of thiophene rings is 2. The molecular formula is C14H13N3O2S2. The Balaban J connectivity index is 2.11. The average Bonchev–Trinajstić information content (AvgIpc) is 3.16. The summed E-state index contributed by atoms with van der Waals surface area (Å²) in [6.07, 6.45) is 0. The van der Waals surface area contributed by atoms with Crippen molar-refractivity contribution in [3.8, 4) is 0 Å². The van der Waals surface area contributed by atoms with Crippen LogP contribution in [0.3, 0.4) is 0 Å². The Kier molecular flexibility index (Phi) is 3.96. The molecule has 0 spiro atoms. The predicted molar refractivity (Wildman–Crippen MR) is 85.5 cm³/mol. The summed E-state index contributed by atoms with van der Waals surface area (Å²) in [5, 5.41) is 12.8. The zero-order chi connectivity index (χ0) is 14.8. The molecule has 5 nitrogen and oxygen atoms in total. The van der Waals surface area contributed by atoms with Gasteiger partial charge in [-0.05, 0) is 22.9 Å². The number of aliphatic hydroxyl groups is 1. The monoisotopic (exact) mass is 319 g/mol. The second-order valence-corrected chi connectivity index (χ2v) is 6.32. The molecule has 3 aromatic heterocycles. The molecule has 0 aliphatic heterocycles. The van der Waals surface area contributed by atoms with Crippen LogP contribution in [0.5, 0.6) is 0 Å². The van der Waals surface area contributed by atoms with Crippen LogP contribution in [-0.2, 0) is 0 Å². The van der Waals surface area contributed by atoms with E-state index in [1.54, 1.807) is 18.0 Å². The van der Waals surface area contributed by atoms with Gasteiger partial charge in [0.2, 0.25) is 11.7 Å². The van der Waals surface area contributed by atoms with Crippen molar-refractivity contribution in [1.82, 2.24) is 9.97 Å². The largest absolute Gasteiger partial charge is 0.395 e. The molecule has 0 fully saturated rings. The minimum absolute atomic E-state index is 0.00966. The lowest BCUT2D eigenvalue weighted by atomic mass is 10.2. The maximum atomic E-state index is 12.6. The number of hydrogen-bond donors (Lipinski definition) is 1. The van der Waals surface area contributed by atoms with Crippen molar-refractivity contribution in [3.05, 3.63) is 39.5 Å². The molecule has 0 aliphatic carbocycles. The van der Waals surface area contributed by atoms with Gasteiger partial charge >= 0.3 is 0 Å². The number of ketones is 1. The second-order valence-electron chi connectivity index (χ2n) is 4.46. The third-order valence-corrected chi connectivity index (χ3v) is 4.81. The van der Waals surface area contributed by atoms with Gasteiger partial charge in [0.25, 0.3) is 0 Å². The van der Waals surface area contributed by atoms with Crippen LogP contribution < -0.4 is 4.90 Å². The van der Waals surface area contributed by atoms with Gasteiger partial charge in [-0.25, -0.2) is 9.97 Å². The van der Waals surface area contributed by atoms with Crippen LogP contribution in [0.15, 0.2) is 29.0 Å². The van der Waals surface area contributed by atoms with Crippen LogP contribution in [0.4, 0.5) is 5.95 Å². The molecule has 0 amide bonds. The molecule has 21 heavy (non-hydrogen) atoms. The predicted octanol–water partition coefficient (Wildman–Crippen LogP) is 2.41. The van der Waals surface area contributed by atoms with E-state index < -0.39 is 0 Å². The lowest BCUT2D eigenvalue weighted by Gasteiger charge is -2.16. The molecule has 0 saturated carbocycles. The second kappa shape index (κ2) is 5.88. The van der Waals surface area contributed by atoms with E-state index in [-0.39, 0.29) is 12.4 Å². The molecule has 3 aromatic rings. The van der Waals surface area contributed by atoms with Gasteiger partial charge in [-0.3, -0.25) is 4.79 Å². The van der Waals surface area contributed by atoms with Crippen LogP contribution in [-0.4, -0.2) is 41.1 Å². The fourth-order valence-corrected chi connectivity index (χ4v) is 3.43.